The molecule has 0 unspecified atom stereocenters. The third-order valence-electron chi connectivity index (χ3n) is 3.78. The first-order valence-corrected chi connectivity index (χ1v) is 8.79. The Morgan fingerprint density at radius 3 is 2.86 bits per heavy atom. The minimum absolute atomic E-state index is 0.0526. The second-order valence-electron chi connectivity index (χ2n) is 5.55. The predicted octanol–water partition coefficient (Wildman–Crippen LogP) is 0.779. The van der Waals surface area contributed by atoms with Crippen LogP contribution in [0.15, 0.2) is 18.2 Å². The standard InChI is InChI=1S/C14H16N2O5S/c1-8-13(17)16-11-6-10(2-3-12(11)21-8)15-14(18)9-4-5-22(19,20)7-9/h2-3,6,8-9H,4-5,7H2,1H3,(H,15,18)(H,16,17)/t8-,9-/m0/s1. The molecule has 1 saturated heterocycles. The Balaban J connectivity index is 1.73. The predicted molar refractivity (Wildman–Crippen MR) is 80.6 cm³/mol. The Morgan fingerprint density at radius 2 is 2.18 bits per heavy atom. The number of carbonyl (C=O) groups is 2. The highest BCUT2D eigenvalue weighted by atomic mass is 32.2. The van der Waals surface area contributed by atoms with Crippen molar-refractivity contribution in [3.63, 3.8) is 0 Å². The smallest absolute Gasteiger partial charge is 0.265 e. The summed E-state index contributed by atoms with van der Waals surface area (Å²) in [7, 11) is -3.10. The number of anilines is 2. The molecule has 1 aromatic rings. The highest BCUT2D eigenvalue weighted by molar-refractivity contribution is 7.91. The maximum absolute atomic E-state index is 12.1. The van der Waals surface area contributed by atoms with Gasteiger partial charge in [0.2, 0.25) is 5.91 Å². The van der Waals surface area contributed by atoms with Gasteiger partial charge in [-0.15, -0.1) is 0 Å². The van der Waals surface area contributed by atoms with Crippen LogP contribution >= 0.6 is 0 Å². The molecule has 1 fully saturated rings. The molecular weight excluding hydrogens is 308 g/mol. The molecule has 22 heavy (non-hydrogen) atoms. The van der Waals surface area contributed by atoms with E-state index in [4.69, 9.17) is 4.74 Å². The lowest BCUT2D eigenvalue weighted by Crippen LogP contribution is -2.34. The zero-order valence-electron chi connectivity index (χ0n) is 12.0. The van der Waals surface area contributed by atoms with Crippen molar-refractivity contribution >= 4 is 33.0 Å². The molecule has 1 aromatic carbocycles. The van der Waals surface area contributed by atoms with Gasteiger partial charge in [-0.1, -0.05) is 0 Å². The number of benzene rings is 1. The average molecular weight is 324 g/mol. The van der Waals surface area contributed by atoms with Crippen molar-refractivity contribution in [1.29, 1.82) is 0 Å². The van der Waals surface area contributed by atoms with E-state index in [0.717, 1.165) is 0 Å². The molecule has 2 amide bonds. The summed E-state index contributed by atoms with van der Waals surface area (Å²) in [5, 5.41) is 5.38. The molecule has 0 radical (unpaired) electrons. The van der Waals surface area contributed by atoms with Crippen molar-refractivity contribution in [2.45, 2.75) is 19.4 Å². The second kappa shape index (κ2) is 5.28. The van der Waals surface area contributed by atoms with E-state index in [1.807, 2.05) is 0 Å². The van der Waals surface area contributed by atoms with Gasteiger partial charge in [-0.05, 0) is 31.5 Å². The largest absolute Gasteiger partial charge is 0.479 e. The number of nitrogens with one attached hydrogen (secondary N) is 2. The Bertz CT molecular complexity index is 744. The summed E-state index contributed by atoms with van der Waals surface area (Å²) in [4.78, 5) is 23.7. The summed E-state index contributed by atoms with van der Waals surface area (Å²) in [6.07, 6.45) is -0.215. The highest BCUT2D eigenvalue weighted by Gasteiger charge is 2.33. The molecule has 7 nitrogen and oxygen atoms in total. The van der Waals surface area contributed by atoms with Crippen LogP contribution in [-0.2, 0) is 19.4 Å². The maximum Gasteiger partial charge on any atom is 0.265 e. The van der Waals surface area contributed by atoms with Crippen LogP contribution < -0.4 is 15.4 Å². The number of sulfone groups is 1. The van der Waals surface area contributed by atoms with E-state index in [2.05, 4.69) is 10.6 Å². The van der Waals surface area contributed by atoms with E-state index in [-0.39, 0.29) is 23.3 Å². The van der Waals surface area contributed by atoms with Gasteiger partial charge in [0.15, 0.2) is 15.9 Å². The number of hydrogen-bond acceptors (Lipinski definition) is 5. The van der Waals surface area contributed by atoms with Gasteiger partial charge in [-0.2, -0.15) is 0 Å². The van der Waals surface area contributed by atoms with E-state index in [0.29, 0.717) is 23.5 Å². The molecule has 0 aromatic heterocycles. The van der Waals surface area contributed by atoms with Crippen LogP contribution in [0.4, 0.5) is 11.4 Å². The molecule has 2 aliphatic heterocycles. The molecule has 2 aliphatic rings. The van der Waals surface area contributed by atoms with E-state index in [1.165, 1.54) is 0 Å². The first-order valence-electron chi connectivity index (χ1n) is 6.97. The SMILES string of the molecule is C[C@@H]1Oc2ccc(NC(=O)[C@H]3CCS(=O)(=O)C3)cc2NC1=O. The zero-order chi connectivity index (χ0) is 15.9. The molecule has 0 bridgehead atoms. The van der Waals surface area contributed by atoms with Crippen molar-refractivity contribution in [2.75, 3.05) is 22.1 Å². The van der Waals surface area contributed by atoms with Crippen LogP contribution in [0.1, 0.15) is 13.3 Å². The van der Waals surface area contributed by atoms with Gasteiger partial charge in [-0.3, -0.25) is 9.59 Å². The molecule has 118 valence electrons. The first kappa shape index (κ1) is 14.8. The topological polar surface area (TPSA) is 102 Å². The van der Waals surface area contributed by atoms with Crippen molar-refractivity contribution in [2.24, 2.45) is 5.92 Å². The fraction of sp³-hybridized carbons (Fsp3) is 0.429. The number of fused-ring (bicyclic) bond motifs is 1. The lowest BCUT2D eigenvalue weighted by molar-refractivity contribution is -0.122. The summed E-state index contributed by atoms with van der Waals surface area (Å²) in [6.45, 7) is 1.65. The Morgan fingerprint density at radius 1 is 1.41 bits per heavy atom. The number of ether oxygens (including phenoxy) is 1. The van der Waals surface area contributed by atoms with Crippen LogP contribution in [0.2, 0.25) is 0 Å². The summed E-state index contributed by atoms with van der Waals surface area (Å²) in [6, 6.07) is 4.91. The number of amides is 2. The fourth-order valence-corrected chi connectivity index (χ4v) is 4.27. The molecule has 2 atom stereocenters. The van der Waals surface area contributed by atoms with Gasteiger partial charge < -0.3 is 15.4 Å². The van der Waals surface area contributed by atoms with Crippen molar-refractivity contribution in [3.05, 3.63) is 18.2 Å². The minimum atomic E-state index is -3.10. The third-order valence-corrected chi connectivity index (χ3v) is 5.55. The summed E-state index contributed by atoms with van der Waals surface area (Å²) < 4.78 is 28.3. The Hall–Kier alpha value is -2.09. The molecular formula is C14H16N2O5S. The molecule has 8 heteroatoms. The van der Waals surface area contributed by atoms with Crippen LogP contribution in [0.5, 0.6) is 5.75 Å². The molecule has 2 N–H and O–H groups in total. The summed E-state index contributed by atoms with van der Waals surface area (Å²) >= 11 is 0. The number of rotatable bonds is 2. The normalized spacial score (nSPS) is 25.8. The second-order valence-corrected chi connectivity index (χ2v) is 7.78. The summed E-state index contributed by atoms with van der Waals surface area (Å²) in [5.41, 5.74) is 0.978. The van der Waals surface area contributed by atoms with E-state index < -0.39 is 21.9 Å². The van der Waals surface area contributed by atoms with Crippen LogP contribution in [0.25, 0.3) is 0 Å². The monoisotopic (exact) mass is 324 g/mol. The minimum Gasteiger partial charge on any atom is -0.479 e. The molecule has 0 spiro atoms. The average Bonchev–Trinajstić information content (AvgIpc) is 2.81. The fourth-order valence-electron chi connectivity index (χ4n) is 2.53. The van der Waals surface area contributed by atoms with E-state index >= 15 is 0 Å². The summed E-state index contributed by atoms with van der Waals surface area (Å²) in [5.74, 6) is -0.617. The highest BCUT2D eigenvalue weighted by Crippen LogP contribution is 2.32. The van der Waals surface area contributed by atoms with Gasteiger partial charge in [0.1, 0.15) is 5.75 Å². The third kappa shape index (κ3) is 2.92. The van der Waals surface area contributed by atoms with Gasteiger partial charge in [0.05, 0.1) is 23.1 Å². The first-order chi connectivity index (χ1) is 10.3. The maximum atomic E-state index is 12.1. The number of carbonyl (C=O) groups excluding carboxylic acids is 2. The zero-order valence-corrected chi connectivity index (χ0v) is 12.8. The lowest BCUT2D eigenvalue weighted by Gasteiger charge is -2.23. The Kier molecular flexibility index (Phi) is 3.56. The van der Waals surface area contributed by atoms with Crippen LogP contribution in [-0.4, -0.2) is 37.8 Å². The van der Waals surface area contributed by atoms with Gasteiger partial charge >= 0.3 is 0 Å². The van der Waals surface area contributed by atoms with Gasteiger partial charge in [-0.25, -0.2) is 8.42 Å². The van der Waals surface area contributed by atoms with E-state index in [9.17, 15) is 18.0 Å². The van der Waals surface area contributed by atoms with Crippen LogP contribution in [0.3, 0.4) is 0 Å². The molecule has 2 heterocycles. The molecule has 3 rings (SSSR count). The van der Waals surface area contributed by atoms with Gasteiger partial charge in [0.25, 0.3) is 5.91 Å². The van der Waals surface area contributed by atoms with E-state index in [1.54, 1.807) is 25.1 Å². The van der Waals surface area contributed by atoms with Gasteiger partial charge in [0, 0.05) is 5.69 Å². The molecule has 0 aliphatic carbocycles. The van der Waals surface area contributed by atoms with Crippen molar-refractivity contribution < 1.29 is 22.7 Å². The Labute approximate surface area is 128 Å². The molecule has 0 saturated carbocycles. The van der Waals surface area contributed by atoms with Crippen LogP contribution in [0, 0.1) is 5.92 Å². The van der Waals surface area contributed by atoms with Crippen molar-refractivity contribution in [1.82, 2.24) is 0 Å². The van der Waals surface area contributed by atoms with Crippen molar-refractivity contribution in [3.8, 4) is 5.75 Å². The lowest BCUT2D eigenvalue weighted by atomic mass is 10.1. The quantitative estimate of drug-likeness (QED) is 0.837. The number of hydrogen-bond donors (Lipinski definition) is 2.